The van der Waals surface area contributed by atoms with Gasteiger partial charge in [-0.25, -0.2) is 0 Å². The highest BCUT2D eigenvalue weighted by Crippen LogP contribution is 2.32. The summed E-state index contributed by atoms with van der Waals surface area (Å²) in [6, 6.07) is 8.31. The van der Waals surface area contributed by atoms with Crippen LogP contribution in [-0.2, 0) is 4.74 Å². The van der Waals surface area contributed by atoms with Crippen LogP contribution < -0.4 is 5.32 Å². The predicted molar refractivity (Wildman–Crippen MR) is 87.0 cm³/mol. The molecule has 1 aromatic carbocycles. The fourth-order valence-corrected chi connectivity index (χ4v) is 3.09. The molecule has 0 spiro atoms. The van der Waals surface area contributed by atoms with Crippen LogP contribution in [0.2, 0.25) is 0 Å². The molecule has 0 amide bonds. The molecule has 1 saturated heterocycles. The lowest BCUT2D eigenvalue weighted by molar-refractivity contribution is -0.0864. The molecule has 0 bridgehead atoms. The van der Waals surface area contributed by atoms with Gasteiger partial charge < -0.3 is 10.1 Å². The fourth-order valence-electron chi connectivity index (χ4n) is 3.09. The Labute approximate surface area is 128 Å². The number of benzene rings is 1. The van der Waals surface area contributed by atoms with E-state index in [-0.39, 0.29) is 11.4 Å². The van der Waals surface area contributed by atoms with Gasteiger partial charge in [0, 0.05) is 30.3 Å². The lowest BCUT2D eigenvalue weighted by Crippen LogP contribution is -2.43. The molecule has 1 aliphatic rings. The van der Waals surface area contributed by atoms with E-state index in [4.69, 9.17) is 4.74 Å². The van der Waals surface area contributed by atoms with Crippen LogP contribution in [0.15, 0.2) is 24.3 Å². The maximum absolute atomic E-state index is 11.6. The molecule has 0 aromatic heterocycles. The van der Waals surface area contributed by atoms with Crippen molar-refractivity contribution in [3.05, 3.63) is 29.8 Å². The van der Waals surface area contributed by atoms with Gasteiger partial charge in [-0.05, 0) is 49.9 Å². The second kappa shape index (κ2) is 7.08. The number of hydrogen-bond acceptors (Lipinski definition) is 3. The summed E-state index contributed by atoms with van der Waals surface area (Å²) in [5, 5.41) is 3.60. The average molecular weight is 289 g/mol. The van der Waals surface area contributed by atoms with Crippen LogP contribution in [0, 0.1) is 0 Å². The molecule has 1 aliphatic heterocycles. The highest BCUT2D eigenvalue weighted by atomic mass is 16.5. The molecule has 21 heavy (non-hydrogen) atoms. The molecule has 1 fully saturated rings. The Morgan fingerprint density at radius 3 is 2.48 bits per heavy atom. The van der Waals surface area contributed by atoms with Gasteiger partial charge in [0.2, 0.25) is 0 Å². The van der Waals surface area contributed by atoms with Crippen molar-refractivity contribution in [2.24, 2.45) is 0 Å². The summed E-state index contributed by atoms with van der Waals surface area (Å²) in [5.41, 5.74) is 1.93. The Balaban J connectivity index is 1.99. The highest BCUT2D eigenvalue weighted by Gasteiger charge is 2.34. The standard InChI is InChI=1S/C18H27NO2/c1-4-17(20)14-7-9-15(10-8-14)19-16-11-12-21-18(5-2,6-3)13-16/h7-10,16,19H,4-6,11-13H2,1-3H3. The second-order valence-electron chi connectivity index (χ2n) is 5.93. The van der Waals surface area contributed by atoms with Gasteiger partial charge in [-0.3, -0.25) is 4.79 Å². The summed E-state index contributed by atoms with van der Waals surface area (Å²) in [4.78, 5) is 11.6. The first-order chi connectivity index (χ1) is 10.1. The van der Waals surface area contributed by atoms with Gasteiger partial charge in [0.15, 0.2) is 5.78 Å². The van der Waals surface area contributed by atoms with Gasteiger partial charge in [0.05, 0.1) is 5.60 Å². The van der Waals surface area contributed by atoms with Crippen LogP contribution in [0.3, 0.4) is 0 Å². The van der Waals surface area contributed by atoms with Crippen molar-refractivity contribution in [1.29, 1.82) is 0 Å². The Kier molecular flexibility index (Phi) is 5.40. The zero-order chi connectivity index (χ0) is 15.3. The third kappa shape index (κ3) is 3.85. The van der Waals surface area contributed by atoms with E-state index < -0.39 is 0 Å². The molecule has 1 heterocycles. The lowest BCUT2D eigenvalue weighted by atomic mass is 9.86. The maximum Gasteiger partial charge on any atom is 0.162 e. The molecular formula is C18H27NO2. The molecule has 3 heteroatoms. The number of hydrogen-bond donors (Lipinski definition) is 1. The van der Waals surface area contributed by atoms with Crippen molar-refractivity contribution in [3.8, 4) is 0 Å². The van der Waals surface area contributed by atoms with Gasteiger partial charge in [0.25, 0.3) is 0 Å². The van der Waals surface area contributed by atoms with Crippen molar-refractivity contribution >= 4 is 11.5 Å². The smallest absolute Gasteiger partial charge is 0.162 e. The molecule has 2 rings (SSSR count). The summed E-state index contributed by atoms with van der Waals surface area (Å²) in [6.45, 7) is 7.13. The van der Waals surface area contributed by atoms with Crippen LogP contribution in [-0.4, -0.2) is 24.0 Å². The minimum absolute atomic E-state index is 0.0357. The van der Waals surface area contributed by atoms with E-state index in [9.17, 15) is 4.79 Å². The molecule has 0 radical (unpaired) electrons. The lowest BCUT2D eigenvalue weighted by Gasteiger charge is -2.40. The molecule has 3 nitrogen and oxygen atoms in total. The molecule has 116 valence electrons. The summed E-state index contributed by atoms with van der Waals surface area (Å²) in [5.74, 6) is 0.198. The Hall–Kier alpha value is -1.35. The van der Waals surface area contributed by atoms with Crippen molar-refractivity contribution in [3.63, 3.8) is 0 Å². The van der Waals surface area contributed by atoms with E-state index in [1.165, 1.54) is 0 Å². The Morgan fingerprint density at radius 2 is 1.90 bits per heavy atom. The van der Waals surface area contributed by atoms with Crippen LogP contribution in [0.1, 0.15) is 63.2 Å². The van der Waals surface area contributed by atoms with Crippen LogP contribution in [0.4, 0.5) is 5.69 Å². The van der Waals surface area contributed by atoms with E-state index in [1.54, 1.807) is 0 Å². The third-order valence-corrected chi connectivity index (χ3v) is 4.68. The number of carbonyl (C=O) groups excluding carboxylic acids is 1. The minimum atomic E-state index is 0.0357. The molecule has 0 saturated carbocycles. The highest BCUT2D eigenvalue weighted by molar-refractivity contribution is 5.96. The monoisotopic (exact) mass is 289 g/mol. The summed E-state index contributed by atoms with van der Waals surface area (Å²) in [7, 11) is 0. The minimum Gasteiger partial charge on any atom is -0.382 e. The summed E-state index contributed by atoms with van der Waals surface area (Å²) < 4.78 is 6.01. The molecule has 1 atom stereocenters. The first-order valence-electron chi connectivity index (χ1n) is 8.16. The number of ether oxygens (including phenoxy) is 1. The fraction of sp³-hybridized carbons (Fsp3) is 0.611. The van der Waals surface area contributed by atoms with Crippen molar-refractivity contribution < 1.29 is 9.53 Å². The Morgan fingerprint density at radius 1 is 1.24 bits per heavy atom. The topological polar surface area (TPSA) is 38.3 Å². The first-order valence-corrected chi connectivity index (χ1v) is 8.16. The van der Waals surface area contributed by atoms with E-state index in [2.05, 4.69) is 19.2 Å². The zero-order valence-corrected chi connectivity index (χ0v) is 13.4. The molecular weight excluding hydrogens is 262 g/mol. The van der Waals surface area contributed by atoms with Gasteiger partial charge in [-0.2, -0.15) is 0 Å². The zero-order valence-electron chi connectivity index (χ0n) is 13.4. The van der Waals surface area contributed by atoms with E-state index in [0.717, 1.165) is 43.5 Å². The quantitative estimate of drug-likeness (QED) is 0.787. The number of carbonyl (C=O) groups is 1. The molecule has 1 aromatic rings. The van der Waals surface area contributed by atoms with Gasteiger partial charge >= 0.3 is 0 Å². The largest absolute Gasteiger partial charge is 0.382 e. The van der Waals surface area contributed by atoms with Crippen LogP contribution in [0.5, 0.6) is 0 Å². The van der Waals surface area contributed by atoms with Gasteiger partial charge in [-0.15, -0.1) is 0 Å². The van der Waals surface area contributed by atoms with Crippen molar-refractivity contribution in [1.82, 2.24) is 0 Å². The number of Topliss-reactive ketones (excluding diaryl/α,β-unsaturated/α-hetero) is 1. The second-order valence-corrected chi connectivity index (χ2v) is 5.93. The Bertz CT molecular complexity index is 463. The first kappa shape index (κ1) is 16.0. The van der Waals surface area contributed by atoms with Crippen molar-refractivity contribution in [2.75, 3.05) is 11.9 Å². The van der Waals surface area contributed by atoms with E-state index >= 15 is 0 Å². The number of rotatable bonds is 6. The summed E-state index contributed by atoms with van der Waals surface area (Å²) in [6.07, 6.45) is 4.77. The van der Waals surface area contributed by atoms with E-state index in [0.29, 0.717) is 12.5 Å². The SMILES string of the molecule is CCC(=O)c1ccc(NC2CCOC(CC)(CC)C2)cc1. The van der Waals surface area contributed by atoms with Gasteiger partial charge in [-0.1, -0.05) is 20.8 Å². The van der Waals surface area contributed by atoms with Gasteiger partial charge in [0.1, 0.15) is 0 Å². The average Bonchev–Trinajstić information content (AvgIpc) is 2.55. The number of nitrogens with one attached hydrogen (secondary N) is 1. The predicted octanol–water partition coefficient (Wildman–Crippen LogP) is 4.43. The van der Waals surface area contributed by atoms with Crippen LogP contribution in [0.25, 0.3) is 0 Å². The van der Waals surface area contributed by atoms with Crippen LogP contribution >= 0.6 is 0 Å². The normalized spacial score (nSPS) is 21.0. The molecule has 0 aliphatic carbocycles. The number of ketones is 1. The maximum atomic E-state index is 11.6. The summed E-state index contributed by atoms with van der Waals surface area (Å²) >= 11 is 0. The molecule has 1 unspecified atom stereocenters. The molecule has 1 N–H and O–H groups in total. The van der Waals surface area contributed by atoms with E-state index in [1.807, 2.05) is 31.2 Å². The third-order valence-electron chi connectivity index (χ3n) is 4.68. The van der Waals surface area contributed by atoms with Crippen molar-refractivity contribution in [2.45, 2.75) is 64.5 Å². The number of anilines is 1.